The lowest BCUT2D eigenvalue weighted by Crippen LogP contribution is -2.49. The van der Waals surface area contributed by atoms with Gasteiger partial charge in [0.05, 0.1) is 0 Å². The maximum atomic E-state index is 12.5. The van der Waals surface area contributed by atoms with Crippen molar-refractivity contribution in [2.45, 2.75) is 12.5 Å². The second-order valence-corrected chi connectivity index (χ2v) is 6.11. The molecule has 0 spiro atoms. The molecule has 6 nitrogen and oxygen atoms in total. The number of anilines is 1. The second-order valence-electron chi connectivity index (χ2n) is 6.11. The number of fused-ring (bicyclic) bond motifs is 1. The third-order valence-electron chi connectivity index (χ3n) is 4.17. The first kappa shape index (κ1) is 18.3. The quantitative estimate of drug-likeness (QED) is 0.487. The van der Waals surface area contributed by atoms with Crippen LogP contribution in [0.5, 0.6) is 0 Å². The fourth-order valence-corrected chi connectivity index (χ4v) is 2.87. The molecule has 3 amide bonds. The summed E-state index contributed by atoms with van der Waals surface area (Å²) in [6.07, 6.45) is 3.84. The van der Waals surface area contributed by atoms with E-state index in [1.807, 2.05) is 48.7 Å². The van der Waals surface area contributed by atoms with E-state index in [9.17, 15) is 9.59 Å². The monoisotopic (exact) mass is 362 g/mol. The maximum absolute atomic E-state index is 12.5. The molecule has 0 unspecified atom stereocenters. The van der Waals surface area contributed by atoms with Gasteiger partial charge in [0, 0.05) is 35.8 Å². The van der Waals surface area contributed by atoms with Crippen molar-refractivity contribution in [2.75, 3.05) is 11.9 Å². The summed E-state index contributed by atoms with van der Waals surface area (Å²) in [5.41, 5.74) is 2.61. The lowest BCUT2D eigenvalue weighted by Gasteiger charge is -2.18. The Morgan fingerprint density at radius 2 is 1.81 bits per heavy atom. The highest BCUT2D eigenvalue weighted by molar-refractivity contribution is 5.94. The number of carbonyl (C=O) groups excluding carboxylic acids is 2. The molecule has 1 atom stereocenters. The van der Waals surface area contributed by atoms with E-state index in [4.69, 9.17) is 0 Å². The molecule has 0 saturated carbocycles. The van der Waals surface area contributed by atoms with Gasteiger partial charge in [0.2, 0.25) is 5.91 Å². The zero-order chi connectivity index (χ0) is 19.1. The summed E-state index contributed by atoms with van der Waals surface area (Å²) in [6, 6.07) is 15.8. The molecule has 0 radical (unpaired) electrons. The predicted octanol–water partition coefficient (Wildman–Crippen LogP) is 3.20. The van der Waals surface area contributed by atoms with Gasteiger partial charge in [-0.1, -0.05) is 42.5 Å². The van der Waals surface area contributed by atoms with Crippen molar-refractivity contribution in [3.8, 4) is 0 Å². The molecule has 0 aliphatic carbocycles. The lowest BCUT2D eigenvalue weighted by atomic mass is 10.0. The predicted molar refractivity (Wildman–Crippen MR) is 108 cm³/mol. The lowest BCUT2D eigenvalue weighted by molar-refractivity contribution is -0.122. The molecule has 138 valence electrons. The molecule has 3 rings (SSSR count). The molecule has 0 saturated heterocycles. The molecule has 0 bridgehead atoms. The van der Waals surface area contributed by atoms with Crippen molar-refractivity contribution >= 4 is 28.5 Å². The Hall–Kier alpha value is -3.54. The van der Waals surface area contributed by atoms with Crippen LogP contribution in [0, 0.1) is 0 Å². The van der Waals surface area contributed by atoms with Crippen LogP contribution in [0.4, 0.5) is 10.5 Å². The van der Waals surface area contributed by atoms with Crippen molar-refractivity contribution in [2.24, 2.45) is 0 Å². The van der Waals surface area contributed by atoms with Gasteiger partial charge < -0.3 is 20.9 Å². The minimum Gasteiger partial charge on any atom is -0.361 e. The van der Waals surface area contributed by atoms with Gasteiger partial charge in [0.1, 0.15) is 6.04 Å². The molecule has 3 aromatic rings. The first-order valence-corrected chi connectivity index (χ1v) is 8.73. The van der Waals surface area contributed by atoms with Gasteiger partial charge in [-0.2, -0.15) is 0 Å². The van der Waals surface area contributed by atoms with E-state index in [1.54, 1.807) is 18.2 Å². The van der Waals surface area contributed by atoms with E-state index < -0.39 is 12.1 Å². The average Bonchev–Trinajstić information content (AvgIpc) is 3.09. The van der Waals surface area contributed by atoms with Crippen LogP contribution in [0.15, 0.2) is 73.4 Å². The largest absolute Gasteiger partial charge is 0.361 e. The molecular weight excluding hydrogens is 340 g/mol. The molecular formula is C21H22N4O2. The standard InChI is InChI=1S/C21H22N4O2/c1-2-12-22-20(26)19(25-21(27)24-16-8-4-3-5-9-16)13-15-14-23-18-11-7-6-10-17(15)18/h2-11,14,19,23H,1,12-13H2,(H,22,26)(H2,24,25,27)/t19-/m0/s1. The molecule has 0 aliphatic rings. The summed E-state index contributed by atoms with van der Waals surface area (Å²) < 4.78 is 0. The topological polar surface area (TPSA) is 86.0 Å². The molecule has 6 heteroatoms. The summed E-state index contributed by atoms with van der Waals surface area (Å²) in [6.45, 7) is 3.94. The van der Waals surface area contributed by atoms with E-state index in [0.717, 1.165) is 16.5 Å². The number of hydrogen-bond acceptors (Lipinski definition) is 2. The third kappa shape index (κ3) is 4.76. The number of carbonyl (C=O) groups is 2. The first-order valence-electron chi connectivity index (χ1n) is 8.73. The molecule has 0 fully saturated rings. The Kier molecular flexibility index (Phi) is 5.89. The second kappa shape index (κ2) is 8.71. The van der Waals surface area contributed by atoms with Gasteiger partial charge in [-0.15, -0.1) is 6.58 Å². The number of para-hydroxylation sites is 2. The van der Waals surface area contributed by atoms with E-state index in [1.165, 1.54) is 0 Å². The van der Waals surface area contributed by atoms with Gasteiger partial charge in [0.25, 0.3) is 0 Å². The highest BCUT2D eigenvalue weighted by Gasteiger charge is 2.22. The van der Waals surface area contributed by atoms with Gasteiger partial charge in [0.15, 0.2) is 0 Å². The summed E-state index contributed by atoms with van der Waals surface area (Å²) >= 11 is 0. The van der Waals surface area contributed by atoms with Crippen LogP contribution in [0.25, 0.3) is 10.9 Å². The zero-order valence-electron chi connectivity index (χ0n) is 14.9. The van der Waals surface area contributed by atoms with E-state index in [0.29, 0.717) is 18.7 Å². The number of amides is 3. The summed E-state index contributed by atoms with van der Waals surface area (Å²) in [7, 11) is 0. The Morgan fingerprint density at radius 1 is 1.07 bits per heavy atom. The van der Waals surface area contributed by atoms with Gasteiger partial charge in [-0.3, -0.25) is 4.79 Å². The van der Waals surface area contributed by atoms with Crippen molar-refractivity contribution in [1.82, 2.24) is 15.6 Å². The van der Waals surface area contributed by atoms with Gasteiger partial charge in [-0.25, -0.2) is 4.79 Å². The fourth-order valence-electron chi connectivity index (χ4n) is 2.87. The third-order valence-corrected chi connectivity index (χ3v) is 4.17. The first-order chi connectivity index (χ1) is 13.2. The smallest absolute Gasteiger partial charge is 0.319 e. The normalized spacial score (nSPS) is 11.6. The number of aromatic nitrogens is 1. The number of nitrogens with one attached hydrogen (secondary N) is 4. The van der Waals surface area contributed by atoms with Gasteiger partial charge in [-0.05, 0) is 23.8 Å². The fraction of sp³-hybridized carbons (Fsp3) is 0.143. The van der Waals surface area contributed by atoms with Crippen molar-refractivity contribution in [3.63, 3.8) is 0 Å². The maximum Gasteiger partial charge on any atom is 0.319 e. The highest BCUT2D eigenvalue weighted by Crippen LogP contribution is 2.19. The minimum atomic E-state index is -0.715. The summed E-state index contributed by atoms with van der Waals surface area (Å²) in [5.74, 6) is -0.261. The molecule has 0 aliphatic heterocycles. The number of urea groups is 1. The Balaban J connectivity index is 1.75. The van der Waals surface area contributed by atoms with Crippen LogP contribution in [-0.2, 0) is 11.2 Å². The van der Waals surface area contributed by atoms with Crippen LogP contribution >= 0.6 is 0 Å². The molecule has 2 aromatic carbocycles. The van der Waals surface area contributed by atoms with E-state index in [-0.39, 0.29) is 5.91 Å². The zero-order valence-corrected chi connectivity index (χ0v) is 14.9. The SMILES string of the molecule is C=CCNC(=O)[C@H](Cc1c[nH]c2ccccc12)NC(=O)Nc1ccccc1. The summed E-state index contributed by atoms with van der Waals surface area (Å²) in [4.78, 5) is 28.1. The van der Waals surface area contributed by atoms with Crippen LogP contribution in [-0.4, -0.2) is 29.5 Å². The number of hydrogen-bond donors (Lipinski definition) is 4. The van der Waals surface area contributed by atoms with Gasteiger partial charge >= 0.3 is 6.03 Å². The number of benzene rings is 2. The molecule has 1 aromatic heterocycles. The van der Waals surface area contributed by atoms with Crippen molar-refractivity contribution < 1.29 is 9.59 Å². The Morgan fingerprint density at radius 3 is 2.59 bits per heavy atom. The molecule has 1 heterocycles. The van der Waals surface area contributed by atoms with Crippen LogP contribution in [0.3, 0.4) is 0 Å². The van der Waals surface area contributed by atoms with E-state index >= 15 is 0 Å². The Bertz CT molecular complexity index is 934. The average molecular weight is 362 g/mol. The summed E-state index contributed by atoms with van der Waals surface area (Å²) in [5, 5.41) is 9.29. The van der Waals surface area contributed by atoms with E-state index in [2.05, 4.69) is 27.5 Å². The van der Waals surface area contributed by atoms with Crippen LogP contribution in [0.2, 0.25) is 0 Å². The number of H-pyrrole nitrogens is 1. The van der Waals surface area contributed by atoms with Crippen LogP contribution < -0.4 is 16.0 Å². The van der Waals surface area contributed by atoms with Crippen LogP contribution in [0.1, 0.15) is 5.56 Å². The van der Waals surface area contributed by atoms with Crippen molar-refractivity contribution in [3.05, 3.63) is 79.0 Å². The molecule has 27 heavy (non-hydrogen) atoms. The highest BCUT2D eigenvalue weighted by atomic mass is 16.2. The molecule has 4 N–H and O–H groups in total. The van der Waals surface area contributed by atoms with Crippen molar-refractivity contribution in [1.29, 1.82) is 0 Å². The number of aromatic amines is 1. The Labute approximate surface area is 157 Å². The minimum absolute atomic E-state index is 0.261. The number of rotatable bonds is 7.